The maximum Gasteiger partial charge on any atom is 0.243 e. The van der Waals surface area contributed by atoms with Crippen molar-refractivity contribution in [1.29, 1.82) is 0 Å². The smallest absolute Gasteiger partial charge is 0.243 e. The highest BCUT2D eigenvalue weighted by Crippen LogP contribution is 2.26. The molecule has 0 atom stereocenters. The van der Waals surface area contributed by atoms with E-state index < -0.39 is 10.0 Å². The average molecular weight is 334 g/mol. The van der Waals surface area contributed by atoms with Crippen LogP contribution in [0.15, 0.2) is 17.0 Å². The Balaban J connectivity index is 3.18. The maximum absolute atomic E-state index is 12.7. The predicted octanol–water partition coefficient (Wildman–Crippen LogP) is 1.55. The molecule has 1 rings (SSSR count). The Kier molecular flexibility index (Phi) is 6.62. The molecule has 0 bridgehead atoms. The second-order valence-electron chi connectivity index (χ2n) is 5.35. The van der Waals surface area contributed by atoms with Crippen LogP contribution in [0.4, 0.5) is 0 Å². The summed E-state index contributed by atoms with van der Waals surface area (Å²) in [5.41, 5.74) is 1.63. The lowest BCUT2D eigenvalue weighted by Gasteiger charge is -2.21. The van der Waals surface area contributed by atoms with Crippen LogP contribution in [-0.2, 0) is 16.6 Å². The van der Waals surface area contributed by atoms with Gasteiger partial charge in [-0.15, -0.1) is 0 Å². The monoisotopic (exact) mass is 333 g/mol. The zero-order valence-corrected chi connectivity index (χ0v) is 14.8. The molecule has 7 heteroatoms. The summed E-state index contributed by atoms with van der Waals surface area (Å²) in [5.74, 6) is 0. The minimum atomic E-state index is -3.53. The van der Waals surface area contributed by atoms with Gasteiger partial charge in [0.15, 0.2) is 0 Å². The summed E-state index contributed by atoms with van der Waals surface area (Å²) >= 11 is 6.08. The molecule has 0 unspecified atom stereocenters. The van der Waals surface area contributed by atoms with Crippen molar-refractivity contribution in [3.63, 3.8) is 0 Å². The topological polar surface area (TPSA) is 52.7 Å². The summed E-state index contributed by atoms with van der Waals surface area (Å²) in [4.78, 5) is 2.23. The van der Waals surface area contributed by atoms with Crippen molar-refractivity contribution in [3.05, 3.63) is 28.3 Å². The molecule has 1 N–H and O–H groups in total. The van der Waals surface area contributed by atoms with Gasteiger partial charge in [-0.2, -0.15) is 4.31 Å². The molecule has 0 aliphatic carbocycles. The molecule has 1 aromatic carbocycles. The Labute approximate surface area is 132 Å². The van der Waals surface area contributed by atoms with Gasteiger partial charge in [-0.05, 0) is 51.3 Å². The molecular formula is C14H24ClN3O2S. The molecule has 0 saturated carbocycles. The molecule has 0 aromatic heterocycles. The summed E-state index contributed by atoms with van der Waals surface area (Å²) in [6.07, 6.45) is 0. The highest BCUT2D eigenvalue weighted by Gasteiger charge is 2.24. The first-order valence-corrected chi connectivity index (χ1v) is 8.56. The molecule has 5 nitrogen and oxygen atoms in total. The van der Waals surface area contributed by atoms with E-state index in [0.717, 1.165) is 11.1 Å². The van der Waals surface area contributed by atoms with E-state index in [9.17, 15) is 8.42 Å². The number of likely N-dealkylation sites (N-methyl/N-ethyl adjacent to an activating group) is 2. The van der Waals surface area contributed by atoms with Gasteiger partial charge in [0.05, 0.1) is 4.90 Å². The Morgan fingerprint density at radius 3 is 2.33 bits per heavy atom. The lowest BCUT2D eigenvalue weighted by molar-refractivity contribution is 0.358. The van der Waals surface area contributed by atoms with Crippen LogP contribution in [-0.4, -0.2) is 58.9 Å². The number of benzene rings is 1. The number of hydrogen-bond donors (Lipinski definition) is 1. The fourth-order valence-corrected chi connectivity index (χ4v) is 3.74. The number of sulfonamides is 1. The van der Waals surface area contributed by atoms with Gasteiger partial charge in [0.1, 0.15) is 0 Å². The molecule has 0 fully saturated rings. The third-order valence-electron chi connectivity index (χ3n) is 3.35. The largest absolute Gasteiger partial charge is 0.316 e. The van der Waals surface area contributed by atoms with E-state index in [1.165, 1.54) is 10.4 Å². The molecule has 0 amide bonds. The summed E-state index contributed by atoms with van der Waals surface area (Å²) in [5, 5.41) is 3.46. The van der Waals surface area contributed by atoms with Crippen LogP contribution in [0.5, 0.6) is 0 Å². The molecule has 0 spiro atoms. The van der Waals surface area contributed by atoms with Crippen molar-refractivity contribution >= 4 is 21.6 Å². The maximum atomic E-state index is 12.7. The molecule has 21 heavy (non-hydrogen) atoms. The van der Waals surface area contributed by atoms with Crippen LogP contribution < -0.4 is 5.32 Å². The standard InChI is InChI=1S/C14H24ClN3O2S/c1-11-12(10-16-2)8-13(15)9-14(11)21(19,20)18(5)7-6-17(3)4/h8-9,16H,6-7,10H2,1-5H3. The highest BCUT2D eigenvalue weighted by atomic mass is 35.5. The van der Waals surface area contributed by atoms with Crippen LogP contribution >= 0.6 is 11.6 Å². The second kappa shape index (κ2) is 7.56. The zero-order chi connectivity index (χ0) is 16.2. The van der Waals surface area contributed by atoms with Gasteiger partial charge in [-0.25, -0.2) is 8.42 Å². The van der Waals surface area contributed by atoms with Crippen LogP contribution in [0.2, 0.25) is 5.02 Å². The first-order valence-electron chi connectivity index (χ1n) is 6.74. The molecule has 0 radical (unpaired) electrons. The highest BCUT2D eigenvalue weighted by molar-refractivity contribution is 7.89. The lowest BCUT2D eigenvalue weighted by atomic mass is 10.1. The Morgan fingerprint density at radius 1 is 1.19 bits per heavy atom. The van der Waals surface area contributed by atoms with E-state index in [4.69, 9.17) is 11.6 Å². The van der Waals surface area contributed by atoms with E-state index in [0.29, 0.717) is 24.7 Å². The Hall–Kier alpha value is -0.660. The van der Waals surface area contributed by atoms with E-state index in [1.807, 2.05) is 33.0 Å². The predicted molar refractivity (Wildman–Crippen MR) is 87.3 cm³/mol. The molecule has 0 aliphatic rings. The second-order valence-corrected chi connectivity index (χ2v) is 7.80. The summed E-state index contributed by atoms with van der Waals surface area (Å²) in [7, 11) is 3.70. The Morgan fingerprint density at radius 2 is 1.81 bits per heavy atom. The molecular weight excluding hydrogens is 310 g/mol. The van der Waals surface area contributed by atoms with E-state index in [1.54, 1.807) is 13.1 Å². The number of hydrogen-bond acceptors (Lipinski definition) is 4. The zero-order valence-electron chi connectivity index (χ0n) is 13.3. The van der Waals surface area contributed by atoms with Crippen LogP contribution in [0.3, 0.4) is 0 Å². The molecule has 0 aliphatic heterocycles. The minimum Gasteiger partial charge on any atom is -0.316 e. The lowest BCUT2D eigenvalue weighted by Crippen LogP contribution is -2.34. The molecule has 0 saturated heterocycles. The van der Waals surface area contributed by atoms with Crippen molar-refractivity contribution in [2.75, 3.05) is 41.3 Å². The summed E-state index contributed by atoms with van der Waals surface area (Å²) < 4.78 is 26.8. The Bertz CT molecular complexity index is 588. The molecule has 120 valence electrons. The number of halogens is 1. The first kappa shape index (κ1) is 18.4. The van der Waals surface area contributed by atoms with Crippen molar-refractivity contribution in [2.24, 2.45) is 0 Å². The van der Waals surface area contributed by atoms with Crippen LogP contribution in [0.25, 0.3) is 0 Å². The fourth-order valence-electron chi connectivity index (χ4n) is 1.98. The normalized spacial score (nSPS) is 12.4. The van der Waals surface area contributed by atoms with Crippen LogP contribution in [0, 0.1) is 6.92 Å². The third kappa shape index (κ3) is 4.66. The van der Waals surface area contributed by atoms with Gasteiger partial charge in [-0.1, -0.05) is 11.6 Å². The number of rotatable bonds is 7. The van der Waals surface area contributed by atoms with Crippen LogP contribution in [0.1, 0.15) is 11.1 Å². The number of nitrogens with one attached hydrogen (secondary N) is 1. The van der Waals surface area contributed by atoms with E-state index in [-0.39, 0.29) is 4.90 Å². The van der Waals surface area contributed by atoms with Gasteiger partial charge in [0.2, 0.25) is 10.0 Å². The van der Waals surface area contributed by atoms with Crippen molar-refractivity contribution < 1.29 is 8.42 Å². The summed E-state index contributed by atoms with van der Waals surface area (Å²) in [6.45, 7) is 3.49. The van der Waals surface area contributed by atoms with Crippen molar-refractivity contribution in [3.8, 4) is 0 Å². The molecule has 0 heterocycles. The summed E-state index contributed by atoms with van der Waals surface area (Å²) in [6, 6.07) is 3.32. The van der Waals surface area contributed by atoms with Gasteiger partial charge >= 0.3 is 0 Å². The van der Waals surface area contributed by atoms with E-state index in [2.05, 4.69) is 5.32 Å². The number of nitrogens with zero attached hydrogens (tertiary/aromatic N) is 2. The third-order valence-corrected chi connectivity index (χ3v) is 5.55. The van der Waals surface area contributed by atoms with Crippen molar-refractivity contribution in [1.82, 2.24) is 14.5 Å². The average Bonchev–Trinajstić information content (AvgIpc) is 2.39. The van der Waals surface area contributed by atoms with Gasteiger partial charge in [-0.3, -0.25) is 0 Å². The fraction of sp³-hybridized carbons (Fsp3) is 0.571. The SMILES string of the molecule is CNCc1cc(Cl)cc(S(=O)(=O)N(C)CCN(C)C)c1C. The molecule has 1 aromatic rings. The minimum absolute atomic E-state index is 0.279. The van der Waals surface area contributed by atoms with Gasteiger partial charge < -0.3 is 10.2 Å². The quantitative estimate of drug-likeness (QED) is 0.822. The van der Waals surface area contributed by atoms with Gasteiger partial charge in [0.25, 0.3) is 0 Å². The van der Waals surface area contributed by atoms with Gasteiger partial charge in [0, 0.05) is 31.7 Å². The van der Waals surface area contributed by atoms with E-state index >= 15 is 0 Å². The van der Waals surface area contributed by atoms with Crippen molar-refractivity contribution in [2.45, 2.75) is 18.4 Å². The first-order chi connectivity index (χ1) is 9.70.